The van der Waals surface area contributed by atoms with Crippen molar-refractivity contribution < 1.29 is 14.3 Å². The number of ketones is 1. The molecule has 0 saturated carbocycles. The van der Waals surface area contributed by atoms with E-state index < -0.39 is 0 Å². The van der Waals surface area contributed by atoms with E-state index in [1.807, 2.05) is 0 Å². The molecule has 0 aliphatic heterocycles. The SMILES string of the molecule is CCOC(=O)CNCC(=O)c1ccc(Cl)cc1. The second-order valence-corrected chi connectivity index (χ2v) is 3.78. The molecule has 0 fully saturated rings. The Morgan fingerprint density at radius 1 is 1.24 bits per heavy atom. The molecule has 1 aromatic rings. The van der Waals surface area contributed by atoms with Gasteiger partial charge in [-0.15, -0.1) is 0 Å². The van der Waals surface area contributed by atoms with E-state index in [0.29, 0.717) is 17.2 Å². The van der Waals surface area contributed by atoms with Gasteiger partial charge in [-0.3, -0.25) is 14.9 Å². The third kappa shape index (κ3) is 4.97. The number of hydrogen-bond donors (Lipinski definition) is 1. The summed E-state index contributed by atoms with van der Waals surface area (Å²) >= 11 is 5.71. The fraction of sp³-hybridized carbons (Fsp3) is 0.333. The Morgan fingerprint density at radius 3 is 2.47 bits per heavy atom. The summed E-state index contributed by atoms with van der Waals surface area (Å²) in [5, 5.41) is 3.31. The van der Waals surface area contributed by atoms with Gasteiger partial charge in [0.2, 0.25) is 0 Å². The quantitative estimate of drug-likeness (QED) is 0.621. The average molecular weight is 256 g/mol. The minimum Gasteiger partial charge on any atom is -0.465 e. The van der Waals surface area contributed by atoms with Crippen LogP contribution < -0.4 is 5.32 Å². The van der Waals surface area contributed by atoms with E-state index in [2.05, 4.69) is 5.32 Å². The van der Waals surface area contributed by atoms with Crippen molar-refractivity contribution in [2.45, 2.75) is 6.92 Å². The van der Waals surface area contributed by atoms with Gasteiger partial charge in [0.25, 0.3) is 0 Å². The van der Waals surface area contributed by atoms with Gasteiger partial charge >= 0.3 is 5.97 Å². The van der Waals surface area contributed by atoms with Gasteiger partial charge in [0, 0.05) is 10.6 Å². The second kappa shape index (κ2) is 7.04. The van der Waals surface area contributed by atoms with Crippen LogP contribution >= 0.6 is 11.6 Å². The van der Waals surface area contributed by atoms with Crippen molar-refractivity contribution in [3.8, 4) is 0 Å². The highest BCUT2D eigenvalue weighted by Crippen LogP contribution is 2.09. The molecule has 17 heavy (non-hydrogen) atoms. The zero-order valence-corrected chi connectivity index (χ0v) is 10.3. The van der Waals surface area contributed by atoms with E-state index in [1.54, 1.807) is 31.2 Å². The number of rotatable bonds is 6. The molecule has 4 nitrogen and oxygen atoms in total. The van der Waals surface area contributed by atoms with E-state index in [0.717, 1.165) is 0 Å². The molecule has 92 valence electrons. The van der Waals surface area contributed by atoms with Crippen molar-refractivity contribution in [2.75, 3.05) is 19.7 Å². The maximum atomic E-state index is 11.6. The summed E-state index contributed by atoms with van der Waals surface area (Å²) < 4.78 is 4.71. The zero-order chi connectivity index (χ0) is 12.7. The third-order valence-corrected chi connectivity index (χ3v) is 2.28. The summed E-state index contributed by atoms with van der Waals surface area (Å²) in [6.45, 7) is 2.20. The first-order valence-electron chi connectivity index (χ1n) is 5.28. The molecule has 0 radical (unpaired) electrons. The van der Waals surface area contributed by atoms with Gasteiger partial charge in [-0.1, -0.05) is 11.6 Å². The molecule has 0 atom stereocenters. The highest BCUT2D eigenvalue weighted by molar-refractivity contribution is 6.30. The predicted octanol–water partition coefficient (Wildman–Crippen LogP) is 1.68. The lowest BCUT2D eigenvalue weighted by Crippen LogP contribution is -2.29. The summed E-state index contributed by atoms with van der Waals surface area (Å²) in [5.74, 6) is -0.456. The smallest absolute Gasteiger partial charge is 0.319 e. The molecule has 0 saturated heterocycles. The van der Waals surface area contributed by atoms with Crippen LogP contribution in [0.5, 0.6) is 0 Å². The molecule has 0 unspecified atom stereocenters. The van der Waals surface area contributed by atoms with Gasteiger partial charge in [0.1, 0.15) is 0 Å². The maximum absolute atomic E-state index is 11.6. The summed E-state index contributed by atoms with van der Waals surface area (Å²) in [6, 6.07) is 6.60. The number of ether oxygens (including phenoxy) is 1. The van der Waals surface area contributed by atoms with Crippen molar-refractivity contribution in [1.82, 2.24) is 5.32 Å². The Balaban J connectivity index is 2.35. The molecular formula is C12H14ClNO3. The molecule has 0 aromatic heterocycles. The second-order valence-electron chi connectivity index (χ2n) is 3.34. The average Bonchev–Trinajstić information content (AvgIpc) is 2.30. The fourth-order valence-electron chi connectivity index (χ4n) is 1.23. The van der Waals surface area contributed by atoms with E-state index in [-0.39, 0.29) is 24.8 Å². The van der Waals surface area contributed by atoms with Crippen molar-refractivity contribution in [1.29, 1.82) is 0 Å². The lowest BCUT2D eigenvalue weighted by Gasteiger charge is -2.04. The number of Topliss-reactive ketones (excluding diaryl/α,β-unsaturated/α-hetero) is 1. The summed E-state index contributed by atoms with van der Waals surface area (Å²) in [6.07, 6.45) is 0. The first kappa shape index (κ1) is 13.7. The van der Waals surface area contributed by atoms with Crippen molar-refractivity contribution in [3.05, 3.63) is 34.9 Å². The third-order valence-electron chi connectivity index (χ3n) is 2.03. The lowest BCUT2D eigenvalue weighted by atomic mass is 10.1. The summed E-state index contributed by atoms with van der Waals surface area (Å²) in [5.41, 5.74) is 0.561. The van der Waals surface area contributed by atoms with Gasteiger partial charge in [-0.25, -0.2) is 0 Å². The highest BCUT2D eigenvalue weighted by atomic mass is 35.5. The Hall–Kier alpha value is -1.39. The van der Waals surface area contributed by atoms with Crippen LogP contribution in [-0.4, -0.2) is 31.4 Å². The van der Waals surface area contributed by atoms with Gasteiger partial charge in [-0.05, 0) is 31.2 Å². The minimum atomic E-state index is -0.364. The Labute approximate surface area is 105 Å². The monoisotopic (exact) mass is 255 g/mol. The van der Waals surface area contributed by atoms with E-state index in [9.17, 15) is 9.59 Å². The molecule has 1 N–H and O–H groups in total. The molecule has 0 heterocycles. The zero-order valence-electron chi connectivity index (χ0n) is 9.53. The number of nitrogens with one attached hydrogen (secondary N) is 1. The minimum absolute atomic E-state index is 0.0349. The molecule has 5 heteroatoms. The molecule has 0 amide bonds. The molecule has 0 aliphatic carbocycles. The van der Waals surface area contributed by atoms with Gasteiger partial charge in [-0.2, -0.15) is 0 Å². The standard InChI is InChI=1S/C12H14ClNO3/c1-2-17-12(16)8-14-7-11(15)9-3-5-10(13)6-4-9/h3-6,14H,2,7-8H2,1H3. The fourth-order valence-corrected chi connectivity index (χ4v) is 1.35. The van der Waals surface area contributed by atoms with Crippen LogP contribution in [-0.2, 0) is 9.53 Å². The molecule has 1 rings (SSSR count). The first-order chi connectivity index (χ1) is 8.13. The van der Waals surface area contributed by atoms with Crippen LogP contribution in [0.2, 0.25) is 5.02 Å². The molecule has 0 bridgehead atoms. The maximum Gasteiger partial charge on any atom is 0.319 e. The molecule has 0 aliphatic rings. The summed E-state index contributed by atoms with van der Waals surface area (Å²) in [7, 11) is 0. The van der Waals surface area contributed by atoms with Gasteiger partial charge in [0.15, 0.2) is 5.78 Å². The number of halogens is 1. The lowest BCUT2D eigenvalue weighted by molar-refractivity contribution is -0.141. The number of esters is 1. The van der Waals surface area contributed by atoms with Crippen molar-refractivity contribution >= 4 is 23.4 Å². The number of hydrogen-bond acceptors (Lipinski definition) is 4. The normalized spacial score (nSPS) is 10.0. The van der Waals surface area contributed by atoms with E-state index >= 15 is 0 Å². The Kier molecular flexibility index (Phi) is 5.66. The van der Waals surface area contributed by atoms with Gasteiger partial charge in [0.05, 0.1) is 19.7 Å². The Bertz CT molecular complexity index is 389. The number of carbonyl (C=O) groups excluding carboxylic acids is 2. The van der Waals surface area contributed by atoms with E-state index in [1.165, 1.54) is 0 Å². The van der Waals surface area contributed by atoms with Crippen LogP contribution in [0.1, 0.15) is 17.3 Å². The molecular weight excluding hydrogens is 242 g/mol. The Morgan fingerprint density at radius 2 is 1.88 bits per heavy atom. The molecule has 0 spiro atoms. The van der Waals surface area contributed by atoms with Crippen molar-refractivity contribution in [3.63, 3.8) is 0 Å². The van der Waals surface area contributed by atoms with Crippen LogP contribution in [0.25, 0.3) is 0 Å². The van der Waals surface area contributed by atoms with E-state index in [4.69, 9.17) is 16.3 Å². The predicted molar refractivity (Wildman–Crippen MR) is 65.3 cm³/mol. The number of benzene rings is 1. The highest BCUT2D eigenvalue weighted by Gasteiger charge is 2.06. The molecule has 1 aromatic carbocycles. The number of carbonyl (C=O) groups is 2. The van der Waals surface area contributed by atoms with Gasteiger partial charge < -0.3 is 4.74 Å². The first-order valence-corrected chi connectivity index (χ1v) is 5.66. The summed E-state index contributed by atoms with van der Waals surface area (Å²) in [4.78, 5) is 22.6. The largest absolute Gasteiger partial charge is 0.465 e. The van der Waals surface area contributed by atoms with Crippen LogP contribution in [0.15, 0.2) is 24.3 Å². The van der Waals surface area contributed by atoms with Crippen molar-refractivity contribution in [2.24, 2.45) is 0 Å². The topological polar surface area (TPSA) is 55.4 Å². The van der Waals surface area contributed by atoms with Crippen LogP contribution in [0.3, 0.4) is 0 Å². The van der Waals surface area contributed by atoms with Crippen LogP contribution in [0.4, 0.5) is 0 Å². The van der Waals surface area contributed by atoms with Crippen LogP contribution in [0, 0.1) is 0 Å².